The lowest BCUT2D eigenvalue weighted by Gasteiger charge is -2.31. The van der Waals surface area contributed by atoms with Gasteiger partial charge in [-0.05, 0) is 32.1 Å². The molecular formula is C13H24O4. The fourth-order valence-corrected chi connectivity index (χ4v) is 2.37. The number of aliphatic hydroxyl groups is 1. The average molecular weight is 244 g/mol. The number of carbonyl (C=O) groups is 1. The Morgan fingerprint density at radius 3 is 2.59 bits per heavy atom. The van der Waals surface area contributed by atoms with Gasteiger partial charge < -0.3 is 14.6 Å². The van der Waals surface area contributed by atoms with Crippen LogP contribution in [0.1, 0.15) is 39.5 Å². The Labute approximate surface area is 103 Å². The SMILES string of the molecule is CCCC(C(=O)OCC)C(O)C1CCOCC1. The first kappa shape index (κ1) is 14.5. The van der Waals surface area contributed by atoms with Crippen molar-refractivity contribution in [2.24, 2.45) is 11.8 Å². The Morgan fingerprint density at radius 1 is 1.41 bits per heavy atom. The second-order valence-corrected chi connectivity index (χ2v) is 4.59. The van der Waals surface area contributed by atoms with Crippen LogP contribution in [0.25, 0.3) is 0 Å². The Hall–Kier alpha value is -0.610. The van der Waals surface area contributed by atoms with E-state index >= 15 is 0 Å². The first-order valence-electron chi connectivity index (χ1n) is 6.63. The maximum absolute atomic E-state index is 11.8. The van der Waals surface area contributed by atoms with E-state index in [0.717, 1.165) is 19.3 Å². The lowest BCUT2D eigenvalue weighted by molar-refractivity contribution is -0.155. The van der Waals surface area contributed by atoms with Crippen LogP contribution in [0.15, 0.2) is 0 Å². The topological polar surface area (TPSA) is 55.8 Å². The zero-order valence-electron chi connectivity index (χ0n) is 10.9. The molecule has 1 heterocycles. The third kappa shape index (κ3) is 4.28. The summed E-state index contributed by atoms with van der Waals surface area (Å²) in [5.74, 6) is -0.457. The Balaban J connectivity index is 2.57. The van der Waals surface area contributed by atoms with Crippen LogP contribution in [0.2, 0.25) is 0 Å². The smallest absolute Gasteiger partial charge is 0.311 e. The average Bonchev–Trinajstić information content (AvgIpc) is 2.36. The fraction of sp³-hybridized carbons (Fsp3) is 0.923. The summed E-state index contributed by atoms with van der Waals surface area (Å²) in [6.45, 7) is 5.55. The van der Waals surface area contributed by atoms with E-state index in [-0.39, 0.29) is 17.8 Å². The van der Waals surface area contributed by atoms with E-state index in [4.69, 9.17) is 9.47 Å². The van der Waals surface area contributed by atoms with Crippen LogP contribution in [0.5, 0.6) is 0 Å². The molecule has 0 aromatic heterocycles. The molecule has 0 spiro atoms. The normalized spacial score (nSPS) is 20.9. The van der Waals surface area contributed by atoms with Crippen molar-refractivity contribution in [1.29, 1.82) is 0 Å². The van der Waals surface area contributed by atoms with E-state index in [2.05, 4.69) is 0 Å². The molecule has 1 saturated heterocycles. The Kier molecular flexibility index (Phi) is 6.52. The van der Waals surface area contributed by atoms with E-state index in [0.29, 0.717) is 26.2 Å². The van der Waals surface area contributed by atoms with Gasteiger partial charge in [-0.3, -0.25) is 4.79 Å². The Bertz CT molecular complexity index is 223. The molecule has 2 atom stereocenters. The summed E-state index contributed by atoms with van der Waals surface area (Å²) in [5, 5.41) is 10.3. The van der Waals surface area contributed by atoms with Crippen LogP contribution in [-0.2, 0) is 14.3 Å². The van der Waals surface area contributed by atoms with Crippen molar-refractivity contribution in [3.8, 4) is 0 Å². The number of carbonyl (C=O) groups excluding carboxylic acids is 1. The predicted octanol–water partition coefficient (Wildman–Crippen LogP) is 1.75. The zero-order chi connectivity index (χ0) is 12.7. The van der Waals surface area contributed by atoms with E-state index in [1.54, 1.807) is 6.92 Å². The second-order valence-electron chi connectivity index (χ2n) is 4.59. The summed E-state index contributed by atoms with van der Waals surface area (Å²) in [7, 11) is 0. The number of esters is 1. The van der Waals surface area contributed by atoms with E-state index in [1.807, 2.05) is 6.92 Å². The van der Waals surface area contributed by atoms with Crippen molar-refractivity contribution in [3.05, 3.63) is 0 Å². The molecule has 0 aromatic carbocycles. The van der Waals surface area contributed by atoms with Gasteiger partial charge in [0.25, 0.3) is 0 Å². The third-order valence-electron chi connectivity index (χ3n) is 3.35. The quantitative estimate of drug-likeness (QED) is 0.723. The van der Waals surface area contributed by atoms with Crippen LogP contribution in [0.3, 0.4) is 0 Å². The number of rotatable bonds is 6. The van der Waals surface area contributed by atoms with Gasteiger partial charge >= 0.3 is 5.97 Å². The largest absolute Gasteiger partial charge is 0.466 e. The molecule has 17 heavy (non-hydrogen) atoms. The number of hydrogen-bond acceptors (Lipinski definition) is 4. The van der Waals surface area contributed by atoms with Crippen molar-refractivity contribution in [1.82, 2.24) is 0 Å². The summed E-state index contributed by atoms with van der Waals surface area (Å²) in [5.41, 5.74) is 0. The fourth-order valence-electron chi connectivity index (χ4n) is 2.37. The molecule has 1 aliphatic rings. The van der Waals surface area contributed by atoms with Gasteiger partial charge in [-0.1, -0.05) is 13.3 Å². The molecule has 0 aromatic rings. The number of hydrogen-bond donors (Lipinski definition) is 1. The summed E-state index contributed by atoms with van der Waals surface area (Å²) < 4.78 is 10.3. The molecular weight excluding hydrogens is 220 g/mol. The monoisotopic (exact) mass is 244 g/mol. The van der Waals surface area contributed by atoms with Crippen LogP contribution in [0, 0.1) is 11.8 Å². The van der Waals surface area contributed by atoms with Gasteiger partial charge in [0, 0.05) is 13.2 Å². The standard InChI is InChI=1S/C13H24O4/c1-3-5-11(13(15)17-4-2)12(14)10-6-8-16-9-7-10/h10-12,14H,3-9H2,1-2H3. The highest BCUT2D eigenvalue weighted by atomic mass is 16.5. The second kappa shape index (κ2) is 7.67. The van der Waals surface area contributed by atoms with Crippen molar-refractivity contribution in [2.45, 2.75) is 45.6 Å². The van der Waals surface area contributed by atoms with Gasteiger partial charge in [0.15, 0.2) is 0 Å². The molecule has 0 aliphatic carbocycles. The summed E-state index contributed by atoms with van der Waals surface area (Å²) >= 11 is 0. The minimum Gasteiger partial charge on any atom is -0.466 e. The first-order valence-corrected chi connectivity index (χ1v) is 6.63. The van der Waals surface area contributed by atoms with Gasteiger partial charge in [0.05, 0.1) is 18.6 Å². The van der Waals surface area contributed by atoms with Crippen molar-refractivity contribution < 1.29 is 19.4 Å². The van der Waals surface area contributed by atoms with Gasteiger partial charge in [-0.2, -0.15) is 0 Å². The van der Waals surface area contributed by atoms with Crippen molar-refractivity contribution in [2.75, 3.05) is 19.8 Å². The maximum atomic E-state index is 11.8. The van der Waals surface area contributed by atoms with E-state index < -0.39 is 6.10 Å². The summed E-state index contributed by atoms with van der Waals surface area (Å²) in [6, 6.07) is 0. The Morgan fingerprint density at radius 2 is 2.06 bits per heavy atom. The summed E-state index contributed by atoms with van der Waals surface area (Å²) in [6.07, 6.45) is 2.65. The molecule has 1 rings (SSSR count). The van der Waals surface area contributed by atoms with Gasteiger partial charge in [-0.15, -0.1) is 0 Å². The van der Waals surface area contributed by atoms with Gasteiger partial charge in [-0.25, -0.2) is 0 Å². The van der Waals surface area contributed by atoms with Crippen molar-refractivity contribution >= 4 is 5.97 Å². The molecule has 1 fully saturated rings. The maximum Gasteiger partial charge on any atom is 0.311 e. The zero-order valence-corrected chi connectivity index (χ0v) is 10.9. The number of aliphatic hydroxyl groups excluding tert-OH is 1. The van der Waals surface area contributed by atoms with Gasteiger partial charge in [0.2, 0.25) is 0 Å². The highest BCUT2D eigenvalue weighted by Gasteiger charge is 2.33. The van der Waals surface area contributed by atoms with Crippen molar-refractivity contribution in [3.63, 3.8) is 0 Å². The molecule has 4 heteroatoms. The lowest BCUT2D eigenvalue weighted by atomic mass is 9.83. The highest BCUT2D eigenvalue weighted by molar-refractivity contribution is 5.73. The first-order chi connectivity index (χ1) is 8.20. The minimum atomic E-state index is -0.585. The predicted molar refractivity (Wildman–Crippen MR) is 64.6 cm³/mol. The molecule has 100 valence electrons. The summed E-state index contributed by atoms with van der Waals surface area (Å²) in [4.78, 5) is 11.8. The molecule has 1 aliphatic heterocycles. The molecule has 0 amide bonds. The molecule has 0 saturated carbocycles. The number of ether oxygens (including phenoxy) is 2. The molecule has 4 nitrogen and oxygen atoms in total. The van der Waals surface area contributed by atoms with Crippen LogP contribution < -0.4 is 0 Å². The highest BCUT2D eigenvalue weighted by Crippen LogP contribution is 2.27. The van der Waals surface area contributed by atoms with E-state index in [9.17, 15) is 9.90 Å². The molecule has 1 N–H and O–H groups in total. The lowest BCUT2D eigenvalue weighted by Crippen LogP contribution is -2.38. The minimum absolute atomic E-state index is 0.171. The van der Waals surface area contributed by atoms with Gasteiger partial charge in [0.1, 0.15) is 0 Å². The molecule has 2 unspecified atom stereocenters. The van der Waals surface area contributed by atoms with Crippen LogP contribution in [0.4, 0.5) is 0 Å². The molecule has 0 bridgehead atoms. The molecule has 0 radical (unpaired) electrons. The third-order valence-corrected chi connectivity index (χ3v) is 3.35. The van der Waals surface area contributed by atoms with Crippen LogP contribution in [-0.4, -0.2) is 37.0 Å². The van der Waals surface area contributed by atoms with E-state index in [1.165, 1.54) is 0 Å². The van der Waals surface area contributed by atoms with Crippen LogP contribution >= 0.6 is 0 Å².